The van der Waals surface area contributed by atoms with Gasteiger partial charge in [-0.2, -0.15) is 0 Å². The van der Waals surface area contributed by atoms with Crippen LogP contribution in [0.3, 0.4) is 0 Å². The third kappa shape index (κ3) is 2.78. The number of methoxy groups -OCH3 is 1. The van der Waals surface area contributed by atoms with Gasteiger partial charge in [-0.3, -0.25) is 0 Å². The van der Waals surface area contributed by atoms with Gasteiger partial charge in [-0.25, -0.2) is 4.98 Å². The molecule has 27 heavy (non-hydrogen) atoms. The molecule has 0 saturated carbocycles. The Labute approximate surface area is 167 Å². The molecule has 0 unspecified atom stereocenters. The number of nitrogens with one attached hydrogen (secondary N) is 1. The van der Waals surface area contributed by atoms with E-state index in [1.165, 1.54) is 22.2 Å². The summed E-state index contributed by atoms with van der Waals surface area (Å²) in [5.74, 6) is 0.860. The standard InChI is InChI=1S/C21H18ClN3OS.H2/c1-26-15-5-2-13(3-6-15)20-19-16(8-10-25(20)21-23-9-11-27-21)17-12-14(22)4-7-18(17)24-19;/h2-7,9,11-12,20,24H,8,10H2,1H3;1H/t20-;/m0./s1. The highest BCUT2D eigenvalue weighted by atomic mass is 35.5. The van der Waals surface area contributed by atoms with Crippen LogP contribution in [0.4, 0.5) is 5.13 Å². The maximum Gasteiger partial charge on any atom is 0.186 e. The van der Waals surface area contributed by atoms with Crippen molar-refractivity contribution in [1.29, 1.82) is 0 Å². The smallest absolute Gasteiger partial charge is 0.186 e. The fraction of sp³-hybridized carbons (Fsp3) is 0.190. The first kappa shape index (κ1) is 16.7. The van der Waals surface area contributed by atoms with Gasteiger partial charge >= 0.3 is 0 Å². The van der Waals surface area contributed by atoms with Crippen LogP contribution in [-0.4, -0.2) is 23.6 Å². The number of H-pyrrole nitrogens is 1. The van der Waals surface area contributed by atoms with Gasteiger partial charge in [-0.05, 0) is 47.9 Å². The lowest BCUT2D eigenvalue weighted by atomic mass is 9.93. The summed E-state index contributed by atoms with van der Waals surface area (Å²) in [4.78, 5) is 10.6. The molecule has 2 aromatic carbocycles. The van der Waals surface area contributed by atoms with Crippen molar-refractivity contribution in [3.8, 4) is 5.75 Å². The molecule has 138 valence electrons. The van der Waals surface area contributed by atoms with Crippen molar-refractivity contribution in [2.24, 2.45) is 0 Å². The number of benzene rings is 2. The van der Waals surface area contributed by atoms with E-state index in [-0.39, 0.29) is 7.47 Å². The van der Waals surface area contributed by atoms with Gasteiger partial charge in [-0.15, -0.1) is 11.3 Å². The van der Waals surface area contributed by atoms with Crippen LogP contribution in [-0.2, 0) is 6.42 Å². The van der Waals surface area contributed by atoms with Gasteiger partial charge < -0.3 is 14.6 Å². The Balaban J connectivity index is 0.00000192. The predicted molar refractivity (Wildman–Crippen MR) is 113 cm³/mol. The van der Waals surface area contributed by atoms with Gasteiger partial charge in [0, 0.05) is 41.2 Å². The van der Waals surface area contributed by atoms with Gasteiger partial charge in [0.15, 0.2) is 5.13 Å². The molecule has 1 atom stereocenters. The molecule has 0 spiro atoms. The third-order valence-corrected chi connectivity index (χ3v) is 6.23. The Kier molecular flexibility index (Phi) is 4.06. The van der Waals surface area contributed by atoms with Crippen molar-refractivity contribution in [2.75, 3.05) is 18.6 Å². The van der Waals surface area contributed by atoms with E-state index in [1.54, 1.807) is 18.4 Å². The molecule has 0 aliphatic carbocycles. The zero-order chi connectivity index (χ0) is 18.4. The summed E-state index contributed by atoms with van der Waals surface area (Å²) in [6.07, 6.45) is 2.83. The second kappa shape index (κ2) is 6.59. The Morgan fingerprint density at radius 3 is 2.85 bits per heavy atom. The number of ether oxygens (including phenoxy) is 1. The molecular formula is C21H20ClN3OS. The molecule has 2 aromatic heterocycles. The summed E-state index contributed by atoms with van der Waals surface area (Å²) in [6, 6.07) is 14.5. The minimum absolute atomic E-state index is 0. The Morgan fingerprint density at radius 1 is 1.26 bits per heavy atom. The molecule has 6 heteroatoms. The Morgan fingerprint density at radius 2 is 2.11 bits per heavy atom. The molecule has 0 radical (unpaired) electrons. The lowest BCUT2D eigenvalue weighted by Gasteiger charge is -2.36. The monoisotopic (exact) mass is 397 g/mol. The van der Waals surface area contributed by atoms with E-state index in [0.29, 0.717) is 0 Å². The van der Waals surface area contributed by atoms with Crippen molar-refractivity contribution in [2.45, 2.75) is 12.5 Å². The van der Waals surface area contributed by atoms with Crippen molar-refractivity contribution in [3.63, 3.8) is 0 Å². The number of halogens is 1. The van der Waals surface area contributed by atoms with Crippen LogP contribution < -0.4 is 9.64 Å². The van der Waals surface area contributed by atoms with E-state index in [9.17, 15) is 0 Å². The van der Waals surface area contributed by atoms with Crippen molar-refractivity contribution >= 4 is 39.0 Å². The summed E-state index contributed by atoms with van der Waals surface area (Å²) < 4.78 is 5.34. The molecule has 3 heterocycles. The van der Waals surface area contributed by atoms with E-state index in [1.807, 2.05) is 29.8 Å². The number of rotatable bonds is 3. The van der Waals surface area contributed by atoms with Crippen LogP contribution in [0.2, 0.25) is 5.02 Å². The molecule has 0 bridgehead atoms. The Bertz CT molecular complexity index is 1100. The van der Waals surface area contributed by atoms with E-state index < -0.39 is 0 Å². The normalized spacial score (nSPS) is 16.5. The minimum Gasteiger partial charge on any atom is -0.497 e. The zero-order valence-corrected chi connectivity index (χ0v) is 16.3. The number of aromatic amines is 1. The van der Waals surface area contributed by atoms with Crippen molar-refractivity contribution in [3.05, 3.63) is 75.9 Å². The molecule has 4 aromatic rings. The highest BCUT2D eigenvalue weighted by Crippen LogP contribution is 2.41. The second-order valence-corrected chi connectivity index (χ2v) is 7.95. The summed E-state index contributed by atoms with van der Waals surface area (Å²) >= 11 is 7.94. The first-order valence-electron chi connectivity index (χ1n) is 8.84. The summed E-state index contributed by atoms with van der Waals surface area (Å²) in [5, 5.41) is 5.06. The fourth-order valence-electron chi connectivity index (χ4n) is 3.96. The largest absolute Gasteiger partial charge is 0.497 e. The van der Waals surface area contributed by atoms with Gasteiger partial charge in [0.05, 0.1) is 13.2 Å². The molecule has 1 aliphatic heterocycles. The quantitative estimate of drug-likeness (QED) is 0.483. The first-order valence-corrected chi connectivity index (χ1v) is 10.1. The first-order chi connectivity index (χ1) is 13.2. The number of thiazole rings is 1. The van der Waals surface area contributed by atoms with Crippen LogP contribution in [0.5, 0.6) is 5.75 Å². The van der Waals surface area contributed by atoms with Gasteiger partial charge in [-0.1, -0.05) is 23.7 Å². The highest BCUT2D eigenvalue weighted by Gasteiger charge is 2.33. The molecule has 0 fully saturated rings. The van der Waals surface area contributed by atoms with E-state index >= 15 is 0 Å². The van der Waals surface area contributed by atoms with Gasteiger partial charge in [0.25, 0.3) is 0 Å². The average Bonchev–Trinajstić information content (AvgIpc) is 3.35. The average molecular weight is 398 g/mol. The van der Waals surface area contributed by atoms with Crippen LogP contribution in [0.15, 0.2) is 54.0 Å². The van der Waals surface area contributed by atoms with Crippen LogP contribution in [0, 0.1) is 0 Å². The number of hydrogen-bond donors (Lipinski definition) is 1. The number of anilines is 1. The number of fused-ring (bicyclic) bond motifs is 3. The lowest BCUT2D eigenvalue weighted by molar-refractivity contribution is 0.414. The van der Waals surface area contributed by atoms with E-state index in [4.69, 9.17) is 16.3 Å². The molecule has 0 amide bonds. The molecule has 0 saturated heterocycles. The van der Waals surface area contributed by atoms with Crippen molar-refractivity contribution < 1.29 is 6.16 Å². The molecular weight excluding hydrogens is 378 g/mol. The van der Waals surface area contributed by atoms with Gasteiger partial charge in [0.2, 0.25) is 0 Å². The van der Waals surface area contributed by atoms with E-state index in [0.717, 1.165) is 34.4 Å². The third-order valence-electron chi connectivity index (χ3n) is 5.19. The summed E-state index contributed by atoms with van der Waals surface area (Å²) in [7, 11) is 1.69. The van der Waals surface area contributed by atoms with E-state index in [2.05, 4.69) is 39.1 Å². The molecule has 4 nitrogen and oxygen atoms in total. The van der Waals surface area contributed by atoms with Crippen LogP contribution in [0.25, 0.3) is 10.9 Å². The Hall–Kier alpha value is -2.50. The second-order valence-electron chi connectivity index (χ2n) is 6.64. The summed E-state index contributed by atoms with van der Waals surface area (Å²) in [5.41, 5.74) is 4.91. The molecule has 1 N–H and O–H groups in total. The van der Waals surface area contributed by atoms with Crippen LogP contribution in [0.1, 0.15) is 24.3 Å². The SMILES string of the molecule is COc1ccc([C@H]2c3[nH]c4ccc(Cl)cc4c3CCN2c2nccs2)cc1.[HH]. The predicted octanol–water partition coefficient (Wildman–Crippen LogP) is 5.68. The number of hydrogen-bond acceptors (Lipinski definition) is 4. The van der Waals surface area contributed by atoms with Crippen LogP contribution >= 0.6 is 22.9 Å². The van der Waals surface area contributed by atoms with Crippen molar-refractivity contribution in [1.82, 2.24) is 9.97 Å². The maximum atomic E-state index is 6.27. The molecule has 5 rings (SSSR count). The summed E-state index contributed by atoms with van der Waals surface area (Å²) in [6.45, 7) is 0.913. The topological polar surface area (TPSA) is 41.1 Å². The minimum atomic E-state index is 0. The maximum absolute atomic E-state index is 6.27. The lowest BCUT2D eigenvalue weighted by Crippen LogP contribution is -2.36. The van der Waals surface area contributed by atoms with Gasteiger partial charge in [0.1, 0.15) is 5.75 Å². The number of nitrogens with zero attached hydrogens (tertiary/aromatic N) is 2. The highest BCUT2D eigenvalue weighted by molar-refractivity contribution is 7.13. The molecule has 1 aliphatic rings. The fourth-order valence-corrected chi connectivity index (χ4v) is 4.83. The zero-order valence-electron chi connectivity index (χ0n) is 14.8. The number of aromatic nitrogens is 2.